The summed E-state index contributed by atoms with van der Waals surface area (Å²) in [5, 5.41) is 7.26. The minimum Gasteiger partial charge on any atom is -0.366 e. The molecule has 0 saturated heterocycles. The van der Waals surface area contributed by atoms with Crippen LogP contribution in [0.5, 0.6) is 0 Å². The van der Waals surface area contributed by atoms with Gasteiger partial charge in [-0.2, -0.15) is 0 Å². The van der Waals surface area contributed by atoms with E-state index in [0.717, 1.165) is 37.0 Å². The first kappa shape index (κ1) is 21.3. The van der Waals surface area contributed by atoms with E-state index in [0.29, 0.717) is 12.1 Å². The second kappa shape index (κ2) is 8.27. The number of anilines is 2. The van der Waals surface area contributed by atoms with E-state index in [4.69, 9.17) is 0 Å². The van der Waals surface area contributed by atoms with E-state index in [9.17, 15) is 0 Å². The maximum atomic E-state index is 3.63. The third-order valence-electron chi connectivity index (χ3n) is 9.87. The molecule has 8 rings (SSSR count). The summed E-state index contributed by atoms with van der Waals surface area (Å²) in [6.45, 7) is 9.22. The third-order valence-corrected chi connectivity index (χ3v) is 9.87. The summed E-state index contributed by atoms with van der Waals surface area (Å²) in [7, 11) is 0. The Morgan fingerprint density at radius 1 is 0.618 bits per heavy atom. The first-order valence-electron chi connectivity index (χ1n) is 14.0. The molecule has 0 aromatic heterocycles. The normalized spacial score (nSPS) is 34.4. The fourth-order valence-corrected chi connectivity index (χ4v) is 8.38. The number of hydrogen-bond donors (Lipinski definition) is 2. The van der Waals surface area contributed by atoms with Gasteiger partial charge < -0.3 is 20.4 Å². The Hall–Kier alpha value is -2.04. The van der Waals surface area contributed by atoms with Gasteiger partial charge in [-0.25, -0.2) is 0 Å². The highest BCUT2D eigenvalue weighted by Gasteiger charge is 2.44. The molecular formula is C30H40N4. The first-order chi connectivity index (χ1) is 16.7. The molecule has 6 atom stereocenters. The van der Waals surface area contributed by atoms with Crippen LogP contribution in [-0.4, -0.2) is 38.3 Å². The predicted octanol–water partition coefficient (Wildman–Crippen LogP) is 5.61. The Balaban J connectivity index is 0.000000118. The molecule has 0 unspecified atom stereocenters. The van der Waals surface area contributed by atoms with Gasteiger partial charge in [0.2, 0.25) is 0 Å². The number of para-hydroxylation sites is 2. The summed E-state index contributed by atoms with van der Waals surface area (Å²) < 4.78 is 0. The molecule has 2 aromatic carbocycles. The zero-order chi connectivity index (χ0) is 22.8. The molecule has 2 aliphatic carbocycles. The molecule has 2 N–H and O–H groups in total. The van der Waals surface area contributed by atoms with Crippen LogP contribution in [0, 0.1) is 0 Å². The molecule has 0 amide bonds. The van der Waals surface area contributed by atoms with Crippen LogP contribution in [0.1, 0.15) is 98.5 Å². The molecule has 2 aromatic rings. The fraction of sp³-hybridized carbons (Fsp3) is 0.600. The number of rotatable bonds is 0. The van der Waals surface area contributed by atoms with Crippen molar-refractivity contribution in [3.8, 4) is 0 Å². The van der Waals surface area contributed by atoms with Crippen LogP contribution in [-0.2, 0) is 0 Å². The molecule has 4 heterocycles. The molecule has 0 radical (unpaired) electrons. The van der Waals surface area contributed by atoms with Gasteiger partial charge in [0.1, 0.15) is 0 Å². The van der Waals surface area contributed by atoms with Crippen LogP contribution in [0.15, 0.2) is 36.4 Å². The van der Waals surface area contributed by atoms with Gasteiger partial charge in [-0.15, -0.1) is 0 Å². The van der Waals surface area contributed by atoms with E-state index >= 15 is 0 Å². The van der Waals surface area contributed by atoms with Gasteiger partial charge in [0, 0.05) is 73.6 Å². The maximum Gasteiger partial charge on any atom is 0.0453 e. The van der Waals surface area contributed by atoms with Crippen LogP contribution >= 0.6 is 0 Å². The summed E-state index contributed by atoms with van der Waals surface area (Å²) in [5.41, 5.74) is 9.49. The van der Waals surface area contributed by atoms with Crippen molar-refractivity contribution >= 4 is 11.4 Å². The minimum atomic E-state index is 0.508. The van der Waals surface area contributed by atoms with Gasteiger partial charge in [-0.05, 0) is 61.8 Å². The van der Waals surface area contributed by atoms with E-state index in [-0.39, 0.29) is 0 Å². The van der Waals surface area contributed by atoms with Crippen molar-refractivity contribution < 1.29 is 0 Å². The number of nitrogens with zero attached hydrogens (tertiary/aromatic N) is 2. The lowest BCUT2D eigenvalue weighted by Gasteiger charge is -2.26. The Bertz CT molecular complexity index is 994. The monoisotopic (exact) mass is 456 g/mol. The molecule has 6 aliphatic rings. The van der Waals surface area contributed by atoms with Crippen molar-refractivity contribution in [2.75, 3.05) is 36.0 Å². The van der Waals surface area contributed by atoms with Gasteiger partial charge in [0.25, 0.3) is 0 Å². The zero-order valence-corrected chi connectivity index (χ0v) is 20.9. The summed E-state index contributed by atoms with van der Waals surface area (Å²) >= 11 is 0. The lowest BCUT2D eigenvalue weighted by atomic mass is 9.94. The largest absolute Gasteiger partial charge is 0.366 e. The predicted molar refractivity (Wildman–Crippen MR) is 141 cm³/mol. The molecule has 180 valence electrons. The highest BCUT2D eigenvalue weighted by atomic mass is 15.2. The second-order valence-corrected chi connectivity index (χ2v) is 11.5. The van der Waals surface area contributed by atoms with Crippen LogP contribution in [0.4, 0.5) is 11.4 Å². The van der Waals surface area contributed by atoms with Crippen molar-refractivity contribution in [1.82, 2.24) is 10.6 Å². The Kier molecular flexibility index (Phi) is 5.17. The van der Waals surface area contributed by atoms with E-state index < -0.39 is 0 Å². The standard InChI is InChI=1S/2C15H20N2/c2*1-10-11-4-2-6-13-12-5-3-7-14(12)17(15(11)13)9-8-16-10/h2*2,4,6,10,12,14,16H,3,5,7-9H2,1H3/t2*10-,12-,14-/m00/s1. The maximum absolute atomic E-state index is 3.63. The quantitative estimate of drug-likeness (QED) is 0.539. The molecule has 4 nitrogen and oxygen atoms in total. The van der Waals surface area contributed by atoms with E-state index in [1.54, 1.807) is 22.5 Å². The molecule has 4 heteroatoms. The highest BCUT2D eigenvalue weighted by molar-refractivity contribution is 5.69. The van der Waals surface area contributed by atoms with Crippen molar-refractivity contribution in [2.45, 2.75) is 88.4 Å². The van der Waals surface area contributed by atoms with E-state index in [2.05, 4.69) is 70.7 Å². The Morgan fingerprint density at radius 3 is 1.53 bits per heavy atom. The van der Waals surface area contributed by atoms with Crippen LogP contribution in [0.25, 0.3) is 0 Å². The van der Waals surface area contributed by atoms with Crippen molar-refractivity contribution in [2.24, 2.45) is 0 Å². The summed E-state index contributed by atoms with van der Waals surface area (Å²) in [6.07, 6.45) is 8.43. The number of hydrogen-bond acceptors (Lipinski definition) is 4. The molecule has 0 spiro atoms. The van der Waals surface area contributed by atoms with Gasteiger partial charge >= 0.3 is 0 Å². The van der Waals surface area contributed by atoms with Crippen molar-refractivity contribution in [1.29, 1.82) is 0 Å². The molecule has 4 aliphatic heterocycles. The molecule has 34 heavy (non-hydrogen) atoms. The molecule has 0 bridgehead atoms. The fourth-order valence-electron chi connectivity index (χ4n) is 8.38. The van der Waals surface area contributed by atoms with Gasteiger partial charge in [-0.1, -0.05) is 49.2 Å². The third kappa shape index (κ3) is 3.10. The van der Waals surface area contributed by atoms with Gasteiger partial charge in [0.15, 0.2) is 0 Å². The number of benzene rings is 2. The molecule has 2 fully saturated rings. The van der Waals surface area contributed by atoms with Crippen LogP contribution in [0.2, 0.25) is 0 Å². The second-order valence-electron chi connectivity index (χ2n) is 11.5. The summed E-state index contributed by atoms with van der Waals surface area (Å²) in [4.78, 5) is 5.41. The average molecular weight is 457 g/mol. The lowest BCUT2D eigenvalue weighted by molar-refractivity contribution is 0.553. The highest BCUT2D eigenvalue weighted by Crippen LogP contribution is 2.53. The van der Waals surface area contributed by atoms with Crippen molar-refractivity contribution in [3.63, 3.8) is 0 Å². The average Bonchev–Trinajstić information content (AvgIpc) is 3.58. The smallest absolute Gasteiger partial charge is 0.0453 e. The SMILES string of the molecule is C[C@@H]1NCCN2c3c1cccc3[C@@H]1CCC[C@@H]12.C[C@@H]1NCCN2c3c1cccc3[C@@H]1CCC[C@@H]12. The van der Waals surface area contributed by atoms with Gasteiger partial charge in [-0.3, -0.25) is 0 Å². The Morgan fingerprint density at radius 2 is 1.06 bits per heavy atom. The van der Waals surface area contributed by atoms with E-state index in [1.165, 1.54) is 62.7 Å². The zero-order valence-electron chi connectivity index (χ0n) is 20.9. The molecule has 2 saturated carbocycles. The summed E-state index contributed by atoms with van der Waals surface area (Å²) in [5.74, 6) is 1.66. The lowest BCUT2D eigenvalue weighted by Crippen LogP contribution is -2.35. The van der Waals surface area contributed by atoms with Crippen LogP contribution < -0.4 is 20.4 Å². The number of nitrogens with one attached hydrogen (secondary N) is 2. The van der Waals surface area contributed by atoms with Gasteiger partial charge in [0.05, 0.1) is 0 Å². The van der Waals surface area contributed by atoms with Crippen molar-refractivity contribution in [3.05, 3.63) is 58.7 Å². The van der Waals surface area contributed by atoms with Crippen LogP contribution in [0.3, 0.4) is 0 Å². The topological polar surface area (TPSA) is 30.5 Å². The molecular weight excluding hydrogens is 416 g/mol. The Labute approximate surface area is 205 Å². The van der Waals surface area contributed by atoms with E-state index in [1.807, 2.05) is 0 Å². The minimum absolute atomic E-state index is 0.508. The summed E-state index contributed by atoms with van der Waals surface area (Å²) in [6, 6.07) is 16.5. The first-order valence-corrected chi connectivity index (χ1v) is 14.0. The number of fused-ring (bicyclic) bond motifs is 6.